The van der Waals surface area contributed by atoms with Crippen LogP contribution in [0.4, 0.5) is 0 Å². The van der Waals surface area contributed by atoms with Gasteiger partial charge in [-0.15, -0.1) is 0 Å². The van der Waals surface area contributed by atoms with Crippen LogP contribution in [0, 0.1) is 0 Å². The van der Waals surface area contributed by atoms with Crippen LogP contribution in [0.1, 0.15) is 19.8 Å². The molecule has 0 aliphatic rings. The molecule has 0 aromatic carbocycles. The van der Waals surface area contributed by atoms with Crippen molar-refractivity contribution in [3.63, 3.8) is 0 Å². The fraction of sp³-hybridized carbons (Fsp3) is 0.667. The lowest BCUT2D eigenvalue weighted by molar-refractivity contribution is 0.541. The lowest BCUT2D eigenvalue weighted by atomic mass is 10.2. The summed E-state index contributed by atoms with van der Waals surface area (Å²) in [6.45, 7) is 2.26. The highest BCUT2D eigenvalue weighted by atomic mass is 32.2. The SMILES string of the molecule is CCCC(N)CNS(=O)(=O)c1ccnn1C. The Kier molecular flexibility index (Phi) is 4.45. The molecule has 6 nitrogen and oxygen atoms in total. The first-order valence-corrected chi connectivity index (χ1v) is 6.69. The molecule has 1 heterocycles. The van der Waals surface area contributed by atoms with Crippen LogP contribution in [0.3, 0.4) is 0 Å². The second-order valence-corrected chi connectivity index (χ2v) is 5.41. The monoisotopic (exact) mass is 246 g/mol. The Morgan fingerprint density at radius 1 is 1.62 bits per heavy atom. The summed E-state index contributed by atoms with van der Waals surface area (Å²) in [4.78, 5) is 0. The molecule has 0 saturated carbocycles. The highest BCUT2D eigenvalue weighted by molar-refractivity contribution is 7.89. The lowest BCUT2D eigenvalue weighted by Gasteiger charge is -2.11. The molecule has 1 aromatic rings. The van der Waals surface area contributed by atoms with Gasteiger partial charge in [-0.25, -0.2) is 13.1 Å². The van der Waals surface area contributed by atoms with E-state index in [1.165, 1.54) is 16.9 Å². The molecule has 0 amide bonds. The largest absolute Gasteiger partial charge is 0.327 e. The summed E-state index contributed by atoms with van der Waals surface area (Å²) in [6.07, 6.45) is 3.18. The van der Waals surface area contributed by atoms with E-state index in [2.05, 4.69) is 9.82 Å². The van der Waals surface area contributed by atoms with Gasteiger partial charge in [0.15, 0.2) is 5.03 Å². The molecule has 1 atom stereocenters. The molecular formula is C9H18N4O2S. The molecule has 7 heteroatoms. The minimum Gasteiger partial charge on any atom is -0.327 e. The summed E-state index contributed by atoms with van der Waals surface area (Å²) in [7, 11) is -1.91. The lowest BCUT2D eigenvalue weighted by Crippen LogP contribution is -2.37. The molecule has 1 unspecified atom stereocenters. The van der Waals surface area contributed by atoms with Gasteiger partial charge in [-0.1, -0.05) is 13.3 Å². The number of nitrogens with one attached hydrogen (secondary N) is 1. The standard InChI is InChI=1S/C9H18N4O2S/c1-3-4-8(10)7-12-16(14,15)9-5-6-11-13(9)2/h5-6,8,12H,3-4,7,10H2,1-2H3. The van der Waals surface area contributed by atoms with Crippen LogP contribution >= 0.6 is 0 Å². The van der Waals surface area contributed by atoms with Crippen LogP contribution in [0.2, 0.25) is 0 Å². The zero-order chi connectivity index (χ0) is 12.2. The van der Waals surface area contributed by atoms with Crippen molar-refractivity contribution in [1.29, 1.82) is 0 Å². The second-order valence-electron chi connectivity index (χ2n) is 3.69. The van der Waals surface area contributed by atoms with Crippen molar-refractivity contribution in [2.24, 2.45) is 12.8 Å². The summed E-state index contributed by atoms with van der Waals surface area (Å²) in [5.41, 5.74) is 5.73. The summed E-state index contributed by atoms with van der Waals surface area (Å²) in [5.74, 6) is 0. The van der Waals surface area contributed by atoms with E-state index >= 15 is 0 Å². The Morgan fingerprint density at radius 2 is 2.31 bits per heavy atom. The van der Waals surface area contributed by atoms with E-state index in [0.29, 0.717) is 0 Å². The Morgan fingerprint density at radius 3 is 2.81 bits per heavy atom. The van der Waals surface area contributed by atoms with Crippen LogP contribution in [0.25, 0.3) is 0 Å². The molecule has 0 spiro atoms. The van der Waals surface area contributed by atoms with Crippen LogP contribution in [0.15, 0.2) is 17.3 Å². The van der Waals surface area contributed by atoms with Gasteiger partial charge in [0, 0.05) is 19.6 Å². The van der Waals surface area contributed by atoms with Gasteiger partial charge in [0.1, 0.15) is 0 Å². The number of nitrogens with zero attached hydrogens (tertiary/aromatic N) is 2. The number of sulfonamides is 1. The van der Waals surface area contributed by atoms with Gasteiger partial charge >= 0.3 is 0 Å². The zero-order valence-corrected chi connectivity index (χ0v) is 10.4. The molecule has 0 fully saturated rings. The van der Waals surface area contributed by atoms with Crippen LogP contribution in [-0.4, -0.2) is 30.8 Å². The van der Waals surface area contributed by atoms with Crippen LogP contribution < -0.4 is 10.5 Å². The summed E-state index contributed by atoms with van der Waals surface area (Å²) < 4.78 is 27.4. The Bertz CT molecular complexity index is 426. The maximum atomic E-state index is 11.8. The van der Waals surface area contributed by atoms with E-state index < -0.39 is 10.0 Å². The van der Waals surface area contributed by atoms with Gasteiger partial charge in [0.25, 0.3) is 10.0 Å². The highest BCUT2D eigenvalue weighted by Crippen LogP contribution is 2.05. The number of rotatable bonds is 6. The minimum absolute atomic E-state index is 0.145. The zero-order valence-electron chi connectivity index (χ0n) is 9.55. The third-order valence-corrected chi connectivity index (χ3v) is 3.74. The van der Waals surface area contributed by atoms with Crippen LogP contribution in [0.5, 0.6) is 0 Å². The molecule has 3 N–H and O–H groups in total. The smallest absolute Gasteiger partial charge is 0.257 e. The van der Waals surface area contributed by atoms with Gasteiger partial charge in [-0.05, 0) is 12.5 Å². The van der Waals surface area contributed by atoms with E-state index in [1.54, 1.807) is 7.05 Å². The van der Waals surface area contributed by atoms with Crippen molar-refractivity contribution in [3.8, 4) is 0 Å². The van der Waals surface area contributed by atoms with E-state index in [9.17, 15) is 8.42 Å². The fourth-order valence-electron chi connectivity index (χ4n) is 1.39. The predicted octanol–water partition coefficient (Wildman–Crippen LogP) is -0.174. The first-order chi connectivity index (χ1) is 7.47. The Labute approximate surface area is 95.9 Å². The molecule has 92 valence electrons. The maximum absolute atomic E-state index is 11.8. The summed E-state index contributed by atoms with van der Waals surface area (Å²) in [6, 6.07) is 1.31. The molecule has 0 aliphatic carbocycles. The van der Waals surface area contributed by atoms with Gasteiger partial charge in [0.05, 0.1) is 6.20 Å². The quantitative estimate of drug-likeness (QED) is 0.729. The van der Waals surface area contributed by atoms with E-state index in [-0.39, 0.29) is 17.6 Å². The van der Waals surface area contributed by atoms with Crippen molar-refractivity contribution >= 4 is 10.0 Å². The molecule has 0 aliphatic heterocycles. The topological polar surface area (TPSA) is 90.0 Å². The second kappa shape index (κ2) is 5.42. The third-order valence-electron chi connectivity index (χ3n) is 2.25. The first kappa shape index (κ1) is 13.1. The number of hydrogen-bond donors (Lipinski definition) is 2. The molecule has 1 aromatic heterocycles. The normalized spacial score (nSPS) is 13.9. The van der Waals surface area contributed by atoms with Crippen LogP contribution in [-0.2, 0) is 17.1 Å². The summed E-state index contributed by atoms with van der Waals surface area (Å²) >= 11 is 0. The predicted molar refractivity (Wildman–Crippen MR) is 61.3 cm³/mol. The number of nitrogens with two attached hydrogens (primary N) is 1. The molecule has 0 radical (unpaired) electrons. The van der Waals surface area contributed by atoms with Crippen molar-refractivity contribution < 1.29 is 8.42 Å². The Hall–Kier alpha value is -0.920. The van der Waals surface area contributed by atoms with E-state index in [0.717, 1.165) is 12.8 Å². The molecular weight excluding hydrogens is 228 g/mol. The van der Waals surface area contributed by atoms with Crippen molar-refractivity contribution in [3.05, 3.63) is 12.3 Å². The third kappa shape index (κ3) is 3.29. The number of aromatic nitrogens is 2. The van der Waals surface area contributed by atoms with Crippen molar-refractivity contribution in [2.75, 3.05) is 6.54 Å². The van der Waals surface area contributed by atoms with E-state index in [4.69, 9.17) is 5.73 Å². The molecule has 0 saturated heterocycles. The molecule has 0 bridgehead atoms. The van der Waals surface area contributed by atoms with Gasteiger partial charge in [0.2, 0.25) is 0 Å². The first-order valence-electron chi connectivity index (χ1n) is 5.20. The average molecular weight is 246 g/mol. The van der Waals surface area contributed by atoms with Gasteiger partial charge in [-0.2, -0.15) is 5.10 Å². The van der Waals surface area contributed by atoms with Gasteiger partial charge < -0.3 is 5.73 Å². The van der Waals surface area contributed by atoms with Crippen molar-refractivity contribution in [1.82, 2.24) is 14.5 Å². The molecule has 1 rings (SSSR count). The highest BCUT2D eigenvalue weighted by Gasteiger charge is 2.18. The van der Waals surface area contributed by atoms with E-state index in [1.807, 2.05) is 6.92 Å². The Balaban J connectivity index is 2.63. The fourth-order valence-corrected chi connectivity index (χ4v) is 2.61. The van der Waals surface area contributed by atoms with Crippen molar-refractivity contribution in [2.45, 2.75) is 30.8 Å². The average Bonchev–Trinajstić information content (AvgIpc) is 2.63. The molecule has 16 heavy (non-hydrogen) atoms. The minimum atomic E-state index is -3.49. The maximum Gasteiger partial charge on any atom is 0.257 e. The number of hydrogen-bond acceptors (Lipinski definition) is 4. The number of aryl methyl sites for hydroxylation is 1. The summed E-state index contributed by atoms with van der Waals surface area (Å²) in [5, 5.41) is 3.96. The van der Waals surface area contributed by atoms with Gasteiger partial charge in [-0.3, -0.25) is 4.68 Å².